The van der Waals surface area contributed by atoms with Gasteiger partial charge in [-0.15, -0.1) is 0 Å². The molecule has 0 aliphatic carbocycles. The number of hydrogen-bond acceptors (Lipinski definition) is 3. The molecule has 4 heteroatoms. The number of fused-ring (bicyclic) bond motifs is 1. The van der Waals surface area contributed by atoms with Crippen LogP contribution in [-0.4, -0.2) is 14.6 Å². The highest BCUT2D eigenvalue weighted by Crippen LogP contribution is 2.30. The van der Waals surface area contributed by atoms with Crippen molar-refractivity contribution in [1.29, 1.82) is 0 Å². The molecule has 0 saturated carbocycles. The molecule has 4 rings (SSSR count). The molecule has 1 atom stereocenters. The molecule has 2 heterocycles. The first-order valence-electron chi connectivity index (χ1n) is 9.10. The van der Waals surface area contributed by atoms with Crippen LogP contribution in [0.2, 0.25) is 0 Å². The fourth-order valence-corrected chi connectivity index (χ4v) is 4.15. The number of rotatable bonds is 5. The van der Waals surface area contributed by atoms with Crippen molar-refractivity contribution < 1.29 is 0 Å². The molecule has 0 saturated heterocycles. The van der Waals surface area contributed by atoms with Gasteiger partial charge in [-0.25, -0.2) is 9.50 Å². The third kappa shape index (κ3) is 3.42. The predicted molar refractivity (Wildman–Crippen MR) is 109 cm³/mol. The summed E-state index contributed by atoms with van der Waals surface area (Å²) < 4.78 is 1.91. The number of imidazole rings is 1. The summed E-state index contributed by atoms with van der Waals surface area (Å²) in [6.45, 7) is 6.73. The molecule has 0 radical (unpaired) electrons. The van der Waals surface area contributed by atoms with Gasteiger partial charge in [-0.1, -0.05) is 86.7 Å². The second kappa shape index (κ2) is 7.04. The third-order valence-electron chi connectivity index (χ3n) is 4.62. The van der Waals surface area contributed by atoms with Crippen LogP contribution in [-0.2, 0) is 6.42 Å². The molecule has 0 N–H and O–H groups in total. The van der Waals surface area contributed by atoms with Crippen molar-refractivity contribution in [2.24, 2.45) is 5.92 Å². The Morgan fingerprint density at radius 2 is 1.69 bits per heavy atom. The lowest BCUT2D eigenvalue weighted by molar-refractivity contribution is 0.647. The summed E-state index contributed by atoms with van der Waals surface area (Å²) in [5.41, 5.74) is 4.80. The highest BCUT2D eigenvalue weighted by Gasteiger charge is 2.16. The topological polar surface area (TPSA) is 30.2 Å². The largest absolute Gasteiger partial charge is 0.217 e. The number of aromatic nitrogens is 3. The second-order valence-electron chi connectivity index (χ2n) is 7.22. The van der Waals surface area contributed by atoms with Crippen LogP contribution in [0.1, 0.15) is 42.8 Å². The number of hydrogen-bond donors (Lipinski definition) is 0. The number of nitrogens with zero attached hydrogens (tertiary/aromatic N) is 3. The maximum atomic E-state index is 4.78. The maximum Gasteiger partial charge on any atom is 0.212 e. The van der Waals surface area contributed by atoms with Crippen molar-refractivity contribution in [2.45, 2.75) is 33.1 Å². The van der Waals surface area contributed by atoms with E-state index in [1.807, 2.05) is 28.9 Å². The van der Waals surface area contributed by atoms with Crippen LogP contribution in [0.3, 0.4) is 0 Å². The van der Waals surface area contributed by atoms with Crippen molar-refractivity contribution in [1.82, 2.24) is 14.6 Å². The van der Waals surface area contributed by atoms with Gasteiger partial charge in [0.05, 0.1) is 11.9 Å². The van der Waals surface area contributed by atoms with Crippen molar-refractivity contribution in [2.75, 3.05) is 0 Å². The first-order valence-corrected chi connectivity index (χ1v) is 9.92. The fraction of sp³-hybridized carbons (Fsp3) is 0.273. The Morgan fingerprint density at radius 3 is 2.35 bits per heavy atom. The lowest BCUT2D eigenvalue weighted by atomic mass is 9.97. The molecule has 2 aromatic heterocycles. The molecule has 0 bridgehead atoms. The highest BCUT2D eigenvalue weighted by atomic mass is 32.1. The minimum Gasteiger partial charge on any atom is -0.217 e. The second-order valence-corrected chi connectivity index (χ2v) is 8.21. The van der Waals surface area contributed by atoms with E-state index in [4.69, 9.17) is 10.1 Å². The Bertz CT molecular complexity index is 965. The Kier molecular flexibility index (Phi) is 4.60. The molecule has 0 spiro atoms. The quantitative estimate of drug-likeness (QED) is 0.449. The molecular weight excluding hydrogens is 338 g/mol. The average Bonchev–Trinajstić information content (AvgIpc) is 3.21. The summed E-state index contributed by atoms with van der Waals surface area (Å²) in [5.74, 6) is 0.957. The summed E-state index contributed by atoms with van der Waals surface area (Å²) in [6.07, 6.45) is 3.14. The molecule has 0 amide bonds. The van der Waals surface area contributed by atoms with E-state index in [0.29, 0.717) is 5.92 Å². The van der Waals surface area contributed by atoms with Crippen LogP contribution in [0.5, 0.6) is 0 Å². The summed E-state index contributed by atoms with van der Waals surface area (Å²) >= 11 is 1.67. The van der Waals surface area contributed by atoms with Gasteiger partial charge in [0.1, 0.15) is 5.01 Å². The molecule has 26 heavy (non-hydrogen) atoms. The van der Waals surface area contributed by atoms with E-state index >= 15 is 0 Å². The van der Waals surface area contributed by atoms with Gasteiger partial charge in [-0.3, -0.25) is 0 Å². The van der Waals surface area contributed by atoms with E-state index in [1.54, 1.807) is 11.3 Å². The van der Waals surface area contributed by atoms with Gasteiger partial charge in [0, 0.05) is 11.5 Å². The van der Waals surface area contributed by atoms with E-state index in [0.717, 1.165) is 27.6 Å². The van der Waals surface area contributed by atoms with Crippen LogP contribution in [0.4, 0.5) is 0 Å². The Morgan fingerprint density at radius 1 is 0.962 bits per heavy atom. The molecule has 132 valence electrons. The standard InChI is InChI=1S/C22H23N3S/c1-15(2)13-17-9-11-18(12-10-17)16(3)21-24-25-14-20(23-22(25)26-21)19-7-5-4-6-8-19/h4-12,14-16H,13H2,1-3H3. The van der Waals surface area contributed by atoms with E-state index in [2.05, 4.69) is 57.2 Å². The highest BCUT2D eigenvalue weighted by molar-refractivity contribution is 7.16. The molecule has 0 aliphatic rings. The normalized spacial score (nSPS) is 12.8. The molecule has 4 aromatic rings. The SMILES string of the molecule is CC(C)Cc1ccc(C(C)c2nn3cc(-c4ccccc4)nc3s2)cc1. The zero-order valence-electron chi connectivity index (χ0n) is 15.4. The molecule has 0 aliphatic heterocycles. The minimum absolute atomic E-state index is 0.273. The third-order valence-corrected chi connectivity index (χ3v) is 5.73. The van der Waals surface area contributed by atoms with Gasteiger partial charge in [0.2, 0.25) is 4.96 Å². The predicted octanol–water partition coefficient (Wildman–Crippen LogP) is 5.81. The molecule has 1 unspecified atom stereocenters. The monoisotopic (exact) mass is 361 g/mol. The van der Waals surface area contributed by atoms with Crippen LogP contribution in [0.25, 0.3) is 16.2 Å². The van der Waals surface area contributed by atoms with Crippen LogP contribution in [0.15, 0.2) is 60.8 Å². The molecule has 2 aromatic carbocycles. The van der Waals surface area contributed by atoms with E-state index < -0.39 is 0 Å². The van der Waals surface area contributed by atoms with Gasteiger partial charge in [-0.2, -0.15) is 5.10 Å². The van der Waals surface area contributed by atoms with E-state index in [1.165, 1.54) is 11.1 Å². The molecular formula is C22H23N3S. The van der Waals surface area contributed by atoms with Gasteiger partial charge in [0.15, 0.2) is 0 Å². The molecule has 0 fully saturated rings. The maximum absolute atomic E-state index is 4.78. The number of benzene rings is 2. The first-order chi connectivity index (χ1) is 12.6. The van der Waals surface area contributed by atoms with Crippen molar-refractivity contribution in [3.8, 4) is 11.3 Å². The van der Waals surface area contributed by atoms with Crippen LogP contribution >= 0.6 is 11.3 Å². The van der Waals surface area contributed by atoms with Gasteiger partial charge in [-0.05, 0) is 23.5 Å². The summed E-state index contributed by atoms with van der Waals surface area (Å²) in [7, 11) is 0. The lowest BCUT2D eigenvalue weighted by Gasteiger charge is -2.10. The lowest BCUT2D eigenvalue weighted by Crippen LogP contribution is -1.98. The Hall–Kier alpha value is -2.46. The van der Waals surface area contributed by atoms with Crippen molar-refractivity contribution >= 4 is 16.3 Å². The van der Waals surface area contributed by atoms with Crippen molar-refractivity contribution in [3.05, 3.63) is 76.9 Å². The van der Waals surface area contributed by atoms with Crippen LogP contribution in [0, 0.1) is 5.92 Å². The molecule has 3 nitrogen and oxygen atoms in total. The van der Waals surface area contributed by atoms with Gasteiger partial charge < -0.3 is 0 Å². The van der Waals surface area contributed by atoms with E-state index in [9.17, 15) is 0 Å². The van der Waals surface area contributed by atoms with E-state index in [-0.39, 0.29) is 5.92 Å². The summed E-state index contributed by atoms with van der Waals surface area (Å²) in [5, 5.41) is 5.88. The van der Waals surface area contributed by atoms with Crippen molar-refractivity contribution in [3.63, 3.8) is 0 Å². The average molecular weight is 362 g/mol. The summed E-state index contributed by atoms with van der Waals surface area (Å²) in [6, 6.07) is 19.2. The van der Waals surface area contributed by atoms with Gasteiger partial charge in [0.25, 0.3) is 0 Å². The summed E-state index contributed by atoms with van der Waals surface area (Å²) in [4.78, 5) is 5.69. The Balaban J connectivity index is 1.57. The fourth-order valence-electron chi connectivity index (χ4n) is 3.19. The smallest absolute Gasteiger partial charge is 0.212 e. The van der Waals surface area contributed by atoms with Gasteiger partial charge >= 0.3 is 0 Å². The zero-order chi connectivity index (χ0) is 18.1. The minimum atomic E-state index is 0.273. The zero-order valence-corrected chi connectivity index (χ0v) is 16.2. The Labute approximate surface area is 158 Å². The first kappa shape index (κ1) is 17.0. The van der Waals surface area contributed by atoms with Crippen LogP contribution < -0.4 is 0 Å².